The van der Waals surface area contributed by atoms with E-state index in [0.29, 0.717) is 32.5 Å². The number of piperidine rings is 1. The Balaban J connectivity index is 2.32. The molecule has 0 spiro atoms. The molecule has 0 saturated carbocycles. The first-order chi connectivity index (χ1) is 9.02. The summed E-state index contributed by atoms with van der Waals surface area (Å²) in [4.78, 5) is 34.7. The Morgan fingerprint density at radius 1 is 1.32 bits per heavy atom. The van der Waals surface area contributed by atoms with E-state index in [9.17, 15) is 14.4 Å². The number of amides is 2. The zero-order valence-electron chi connectivity index (χ0n) is 10.8. The van der Waals surface area contributed by atoms with Gasteiger partial charge in [0, 0.05) is 31.3 Å². The fraction of sp³-hybridized carbons (Fsp3) is 0.583. The van der Waals surface area contributed by atoms with Crippen LogP contribution in [0.3, 0.4) is 0 Å². The van der Waals surface area contributed by atoms with Gasteiger partial charge in [0.25, 0.3) is 0 Å². The van der Waals surface area contributed by atoms with E-state index in [0.717, 1.165) is 12.2 Å². The second kappa shape index (κ2) is 7.40. The standard InChI is InChI=1S/C12H18N2O5/c1-2-19-12(18)14-7-5-9(6-8-14)13-10(15)3-4-11(16)17/h3-4,9H,2,5-8H2,1H3,(H,13,15)(H,16,17). The SMILES string of the molecule is CCOC(=O)N1CCC(NC(=O)C=CC(=O)O)CC1. The van der Waals surface area contributed by atoms with E-state index in [1.807, 2.05) is 0 Å². The number of rotatable bonds is 4. The van der Waals surface area contributed by atoms with Gasteiger partial charge in [-0.05, 0) is 19.8 Å². The second-order valence-electron chi connectivity index (χ2n) is 4.14. The first-order valence-electron chi connectivity index (χ1n) is 6.16. The van der Waals surface area contributed by atoms with Crippen molar-refractivity contribution < 1.29 is 24.2 Å². The first kappa shape index (κ1) is 15.0. The molecule has 2 amide bonds. The van der Waals surface area contributed by atoms with Gasteiger partial charge in [-0.1, -0.05) is 0 Å². The summed E-state index contributed by atoms with van der Waals surface area (Å²) < 4.78 is 4.89. The third-order valence-corrected chi connectivity index (χ3v) is 2.74. The molecule has 1 rings (SSSR count). The van der Waals surface area contributed by atoms with Crippen LogP contribution in [0.25, 0.3) is 0 Å². The largest absolute Gasteiger partial charge is 0.478 e. The molecule has 1 fully saturated rings. The average Bonchev–Trinajstić information content (AvgIpc) is 2.37. The number of carboxylic acid groups (broad SMARTS) is 1. The number of nitrogens with one attached hydrogen (secondary N) is 1. The Labute approximate surface area is 111 Å². The molecule has 0 atom stereocenters. The molecule has 0 aliphatic carbocycles. The minimum absolute atomic E-state index is 0.0448. The molecule has 0 aromatic heterocycles. The van der Waals surface area contributed by atoms with Gasteiger partial charge in [-0.25, -0.2) is 9.59 Å². The van der Waals surface area contributed by atoms with Crippen molar-refractivity contribution >= 4 is 18.0 Å². The van der Waals surface area contributed by atoms with Gasteiger partial charge in [-0.2, -0.15) is 0 Å². The van der Waals surface area contributed by atoms with Crippen molar-refractivity contribution in [2.24, 2.45) is 0 Å². The Hall–Kier alpha value is -2.05. The van der Waals surface area contributed by atoms with Crippen LogP contribution in [0.15, 0.2) is 12.2 Å². The minimum atomic E-state index is -1.16. The van der Waals surface area contributed by atoms with Crippen LogP contribution >= 0.6 is 0 Å². The Morgan fingerprint density at radius 2 is 1.95 bits per heavy atom. The average molecular weight is 270 g/mol. The van der Waals surface area contributed by atoms with Crippen molar-refractivity contribution in [2.75, 3.05) is 19.7 Å². The first-order valence-corrected chi connectivity index (χ1v) is 6.16. The number of hydrogen-bond acceptors (Lipinski definition) is 4. The summed E-state index contributed by atoms with van der Waals surface area (Å²) in [5.74, 6) is -1.59. The number of aliphatic carboxylic acids is 1. The highest BCUT2D eigenvalue weighted by molar-refractivity contribution is 5.94. The predicted octanol–water partition coefficient (Wildman–Crippen LogP) is 0.364. The van der Waals surface area contributed by atoms with Gasteiger partial charge in [0.05, 0.1) is 6.61 Å². The third kappa shape index (κ3) is 5.41. The minimum Gasteiger partial charge on any atom is -0.478 e. The highest BCUT2D eigenvalue weighted by Crippen LogP contribution is 2.11. The molecule has 0 radical (unpaired) electrons. The predicted molar refractivity (Wildman–Crippen MR) is 66.5 cm³/mol. The Kier molecular flexibility index (Phi) is 5.84. The molecule has 2 N–H and O–H groups in total. The van der Waals surface area contributed by atoms with Gasteiger partial charge < -0.3 is 20.1 Å². The molecule has 106 valence electrons. The molecule has 0 aromatic carbocycles. The summed E-state index contributed by atoms with van der Waals surface area (Å²) in [6.07, 6.45) is 2.71. The summed E-state index contributed by atoms with van der Waals surface area (Å²) in [7, 11) is 0. The maximum atomic E-state index is 11.4. The summed E-state index contributed by atoms with van der Waals surface area (Å²) in [6, 6.07) is -0.0448. The van der Waals surface area contributed by atoms with Crippen molar-refractivity contribution in [1.29, 1.82) is 0 Å². The number of carbonyl (C=O) groups excluding carboxylic acids is 2. The smallest absolute Gasteiger partial charge is 0.409 e. The monoisotopic (exact) mass is 270 g/mol. The number of likely N-dealkylation sites (tertiary alicyclic amines) is 1. The van der Waals surface area contributed by atoms with Crippen molar-refractivity contribution in [3.63, 3.8) is 0 Å². The van der Waals surface area contributed by atoms with E-state index >= 15 is 0 Å². The Morgan fingerprint density at radius 3 is 2.47 bits per heavy atom. The van der Waals surface area contributed by atoms with E-state index in [2.05, 4.69) is 5.32 Å². The van der Waals surface area contributed by atoms with E-state index < -0.39 is 11.9 Å². The highest BCUT2D eigenvalue weighted by atomic mass is 16.6. The molecule has 7 nitrogen and oxygen atoms in total. The van der Waals surface area contributed by atoms with Crippen LogP contribution < -0.4 is 5.32 Å². The highest BCUT2D eigenvalue weighted by Gasteiger charge is 2.23. The molecular formula is C12H18N2O5. The molecule has 19 heavy (non-hydrogen) atoms. The van der Waals surface area contributed by atoms with Crippen LogP contribution in [0.4, 0.5) is 4.79 Å². The molecule has 0 aromatic rings. The topological polar surface area (TPSA) is 95.9 Å². The molecule has 1 saturated heterocycles. The number of carbonyl (C=O) groups is 3. The maximum Gasteiger partial charge on any atom is 0.409 e. The molecule has 7 heteroatoms. The molecule has 1 aliphatic rings. The van der Waals surface area contributed by atoms with Crippen molar-refractivity contribution in [1.82, 2.24) is 10.2 Å². The quantitative estimate of drug-likeness (QED) is 0.719. The zero-order valence-corrected chi connectivity index (χ0v) is 10.8. The normalized spacial score (nSPS) is 16.4. The molecule has 0 bridgehead atoms. The number of carboxylic acids is 1. The molecular weight excluding hydrogens is 252 g/mol. The lowest BCUT2D eigenvalue weighted by Gasteiger charge is -2.31. The second-order valence-corrected chi connectivity index (χ2v) is 4.14. The van der Waals surface area contributed by atoms with E-state index in [4.69, 9.17) is 9.84 Å². The van der Waals surface area contributed by atoms with E-state index in [1.165, 1.54) is 0 Å². The van der Waals surface area contributed by atoms with Crippen LogP contribution in [-0.2, 0) is 14.3 Å². The van der Waals surface area contributed by atoms with Gasteiger partial charge in [0.1, 0.15) is 0 Å². The fourth-order valence-electron chi connectivity index (χ4n) is 1.82. The van der Waals surface area contributed by atoms with Gasteiger partial charge in [0.2, 0.25) is 5.91 Å². The van der Waals surface area contributed by atoms with Gasteiger partial charge >= 0.3 is 12.1 Å². The lowest BCUT2D eigenvalue weighted by molar-refractivity contribution is -0.131. The molecule has 1 heterocycles. The summed E-state index contributed by atoms with van der Waals surface area (Å²) in [6.45, 7) is 3.13. The van der Waals surface area contributed by atoms with Crippen molar-refractivity contribution in [2.45, 2.75) is 25.8 Å². The van der Waals surface area contributed by atoms with Crippen molar-refractivity contribution in [3.05, 3.63) is 12.2 Å². The fourth-order valence-corrected chi connectivity index (χ4v) is 1.82. The van der Waals surface area contributed by atoms with Crippen molar-refractivity contribution in [3.8, 4) is 0 Å². The van der Waals surface area contributed by atoms with E-state index in [1.54, 1.807) is 11.8 Å². The van der Waals surface area contributed by atoms with Crippen LogP contribution in [0.5, 0.6) is 0 Å². The van der Waals surface area contributed by atoms with Gasteiger partial charge in [-0.15, -0.1) is 0 Å². The maximum absolute atomic E-state index is 11.4. The summed E-state index contributed by atoms with van der Waals surface area (Å²) in [5, 5.41) is 11.1. The van der Waals surface area contributed by atoms with Gasteiger partial charge in [-0.3, -0.25) is 4.79 Å². The Bertz CT molecular complexity index is 372. The number of ether oxygens (including phenoxy) is 1. The lowest BCUT2D eigenvalue weighted by atomic mass is 10.1. The zero-order chi connectivity index (χ0) is 14.3. The van der Waals surface area contributed by atoms with Crippen LogP contribution in [-0.4, -0.2) is 53.7 Å². The van der Waals surface area contributed by atoms with Crippen LogP contribution in [0.2, 0.25) is 0 Å². The molecule has 0 unspecified atom stereocenters. The molecule has 1 aliphatic heterocycles. The van der Waals surface area contributed by atoms with Crippen LogP contribution in [0, 0.1) is 0 Å². The summed E-state index contributed by atoms with van der Waals surface area (Å²) in [5.41, 5.74) is 0. The van der Waals surface area contributed by atoms with Gasteiger partial charge in [0.15, 0.2) is 0 Å². The van der Waals surface area contributed by atoms with E-state index in [-0.39, 0.29) is 12.1 Å². The summed E-state index contributed by atoms with van der Waals surface area (Å²) >= 11 is 0. The van der Waals surface area contributed by atoms with Crippen LogP contribution in [0.1, 0.15) is 19.8 Å². The number of hydrogen-bond donors (Lipinski definition) is 2. The lowest BCUT2D eigenvalue weighted by Crippen LogP contribution is -2.46. The number of nitrogens with zero attached hydrogens (tertiary/aromatic N) is 1. The third-order valence-electron chi connectivity index (χ3n) is 2.74.